The van der Waals surface area contributed by atoms with Gasteiger partial charge in [0.1, 0.15) is 0 Å². The van der Waals surface area contributed by atoms with Gasteiger partial charge in [0, 0.05) is 41.9 Å². The molecule has 0 N–H and O–H groups in total. The van der Waals surface area contributed by atoms with Gasteiger partial charge in [0.05, 0.1) is 6.04 Å². The lowest BCUT2D eigenvalue weighted by atomic mass is 10.0. The molecule has 4 rings (SSSR count). The summed E-state index contributed by atoms with van der Waals surface area (Å²) in [6.45, 7) is 6.33. The molecule has 1 aliphatic heterocycles. The van der Waals surface area contributed by atoms with Crippen molar-refractivity contribution in [2.75, 3.05) is 24.5 Å². The van der Waals surface area contributed by atoms with Gasteiger partial charge in [0.2, 0.25) is 0 Å². The Balaban J connectivity index is 1.67. The molecule has 1 saturated heterocycles. The first-order chi connectivity index (χ1) is 14.1. The maximum Gasteiger partial charge on any atom is 0.0669 e. The van der Waals surface area contributed by atoms with Crippen LogP contribution in [0.4, 0.5) is 5.69 Å². The Kier molecular flexibility index (Phi) is 6.44. The standard InChI is InChI=1S/C25H26Cl2N2/c1-19-15-28(17-20-5-3-2-4-6-20)18-25(21-7-9-22(26)10-8-21)29(16-19)24-13-11-23(27)12-14-24/h2-14,19,25H,15-18H2,1H3/t19-,25?/m0/s1. The lowest BCUT2D eigenvalue weighted by Gasteiger charge is -2.34. The summed E-state index contributed by atoms with van der Waals surface area (Å²) in [5, 5.41) is 1.54. The Morgan fingerprint density at radius 1 is 0.759 bits per heavy atom. The van der Waals surface area contributed by atoms with Crippen molar-refractivity contribution < 1.29 is 0 Å². The van der Waals surface area contributed by atoms with Crippen molar-refractivity contribution in [3.05, 3.63) is 100 Å². The van der Waals surface area contributed by atoms with E-state index in [0.717, 1.165) is 36.2 Å². The van der Waals surface area contributed by atoms with Crippen molar-refractivity contribution in [1.29, 1.82) is 0 Å². The first-order valence-electron chi connectivity index (χ1n) is 10.1. The Bertz CT molecular complexity index is 910. The van der Waals surface area contributed by atoms with E-state index in [0.29, 0.717) is 5.92 Å². The van der Waals surface area contributed by atoms with E-state index >= 15 is 0 Å². The Morgan fingerprint density at radius 3 is 2.03 bits per heavy atom. The van der Waals surface area contributed by atoms with Crippen LogP contribution < -0.4 is 4.90 Å². The Labute approximate surface area is 183 Å². The number of rotatable bonds is 4. The van der Waals surface area contributed by atoms with E-state index < -0.39 is 0 Å². The van der Waals surface area contributed by atoms with E-state index in [1.54, 1.807) is 0 Å². The minimum atomic E-state index is 0.252. The van der Waals surface area contributed by atoms with E-state index in [2.05, 4.69) is 71.3 Å². The number of hydrogen-bond acceptors (Lipinski definition) is 2. The van der Waals surface area contributed by atoms with Crippen molar-refractivity contribution in [3.63, 3.8) is 0 Å². The topological polar surface area (TPSA) is 6.48 Å². The normalized spacial score (nSPS) is 20.4. The zero-order valence-electron chi connectivity index (χ0n) is 16.6. The number of hydrogen-bond donors (Lipinski definition) is 0. The number of halogens is 2. The van der Waals surface area contributed by atoms with Gasteiger partial charge < -0.3 is 4.90 Å². The highest BCUT2D eigenvalue weighted by molar-refractivity contribution is 6.30. The average molecular weight is 425 g/mol. The summed E-state index contributed by atoms with van der Waals surface area (Å²) in [7, 11) is 0. The molecular formula is C25H26Cl2N2. The number of benzene rings is 3. The van der Waals surface area contributed by atoms with Gasteiger partial charge in [-0.3, -0.25) is 4.90 Å². The average Bonchev–Trinajstić information content (AvgIpc) is 2.88. The van der Waals surface area contributed by atoms with Gasteiger partial charge in [-0.05, 0) is 53.4 Å². The fraction of sp³-hybridized carbons (Fsp3) is 0.280. The predicted octanol–water partition coefficient (Wildman–Crippen LogP) is 6.69. The van der Waals surface area contributed by atoms with Gasteiger partial charge >= 0.3 is 0 Å². The molecular weight excluding hydrogens is 399 g/mol. The second-order valence-electron chi connectivity index (χ2n) is 7.98. The molecule has 150 valence electrons. The summed E-state index contributed by atoms with van der Waals surface area (Å²) < 4.78 is 0. The lowest BCUT2D eigenvalue weighted by molar-refractivity contribution is 0.242. The van der Waals surface area contributed by atoms with Crippen LogP contribution in [0.3, 0.4) is 0 Å². The summed E-state index contributed by atoms with van der Waals surface area (Å²) in [4.78, 5) is 5.10. The van der Waals surface area contributed by atoms with Crippen molar-refractivity contribution in [1.82, 2.24) is 4.90 Å². The SMILES string of the molecule is C[C@H]1CN(Cc2ccccc2)CC(c2ccc(Cl)cc2)N(c2ccc(Cl)cc2)C1. The molecule has 0 spiro atoms. The van der Waals surface area contributed by atoms with Crippen LogP contribution in [-0.2, 0) is 6.54 Å². The largest absolute Gasteiger partial charge is 0.363 e. The quantitative estimate of drug-likeness (QED) is 0.459. The van der Waals surface area contributed by atoms with Crippen molar-refractivity contribution in [3.8, 4) is 0 Å². The van der Waals surface area contributed by atoms with Gasteiger partial charge in [-0.1, -0.05) is 72.6 Å². The van der Waals surface area contributed by atoms with Crippen LogP contribution in [0.25, 0.3) is 0 Å². The molecule has 0 radical (unpaired) electrons. The zero-order chi connectivity index (χ0) is 20.2. The molecule has 0 aromatic heterocycles. The molecule has 0 saturated carbocycles. The van der Waals surface area contributed by atoms with Gasteiger partial charge in [-0.25, -0.2) is 0 Å². The minimum Gasteiger partial charge on any atom is -0.363 e. The van der Waals surface area contributed by atoms with Crippen LogP contribution in [0, 0.1) is 5.92 Å². The smallest absolute Gasteiger partial charge is 0.0669 e. The predicted molar refractivity (Wildman–Crippen MR) is 124 cm³/mol. The van der Waals surface area contributed by atoms with Gasteiger partial charge in [0.25, 0.3) is 0 Å². The molecule has 2 nitrogen and oxygen atoms in total. The summed E-state index contributed by atoms with van der Waals surface area (Å²) in [6.07, 6.45) is 0. The second kappa shape index (κ2) is 9.21. The summed E-state index contributed by atoms with van der Waals surface area (Å²) in [5.41, 5.74) is 3.86. The number of anilines is 1. The molecule has 1 aliphatic rings. The minimum absolute atomic E-state index is 0.252. The Hall–Kier alpha value is -2.00. The van der Waals surface area contributed by atoms with E-state index in [1.165, 1.54) is 16.8 Å². The third-order valence-corrected chi connectivity index (χ3v) is 6.05. The maximum absolute atomic E-state index is 6.17. The molecule has 0 bridgehead atoms. The first-order valence-corrected chi connectivity index (χ1v) is 10.9. The van der Waals surface area contributed by atoms with Crippen LogP contribution in [0.15, 0.2) is 78.9 Å². The highest BCUT2D eigenvalue weighted by Gasteiger charge is 2.29. The van der Waals surface area contributed by atoms with E-state index in [1.807, 2.05) is 24.3 Å². The van der Waals surface area contributed by atoms with Crippen LogP contribution >= 0.6 is 23.2 Å². The molecule has 2 atom stereocenters. The highest BCUT2D eigenvalue weighted by atomic mass is 35.5. The third-order valence-electron chi connectivity index (χ3n) is 5.55. The van der Waals surface area contributed by atoms with Crippen LogP contribution in [0.2, 0.25) is 10.0 Å². The van der Waals surface area contributed by atoms with E-state index in [4.69, 9.17) is 23.2 Å². The molecule has 1 fully saturated rings. The summed E-state index contributed by atoms with van der Waals surface area (Å²) in [6, 6.07) is 27.5. The van der Waals surface area contributed by atoms with E-state index in [-0.39, 0.29) is 6.04 Å². The van der Waals surface area contributed by atoms with Crippen molar-refractivity contribution in [2.24, 2.45) is 5.92 Å². The third kappa shape index (κ3) is 5.14. The van der Waals surface area contributed by atoms with Crippen LogP contribution in [-0.4, -0.2) is 24.5 Å². The highest BCUT2D eigenvalue weighted by Crippen LogP contribution is 2.33. The fourth-order valence-electron chi connectivity index (χ4n) is 4.24. The van der Waals surface area contributed by atoms with Crippen molar-refractivity contribution in [2.45, 2.75) is 19.5 Å². The zero-order valence-corrected chi connectivity index (χ0v) is 18.2. The number of nitrogens with zero attached hydrogens (tertiary/aromatic N) is 2. The molecule has 1 heterocycles. The Morgan fingerprint density at radius 2 is 1.38 bits per heavy atom. The molecule has 3 aromatic rings. The maximum atomic E-state index is 6.17. The van der Waals surface area contributed by atoms with Crippen molar-refractivity contribution >= 4 is 28.9 Å². The summed E-state index contributed by atoms with van der Waals surface area (Å²) >= 11 is 12.3. The molecule has 3 aromatic carbocycles. The van der Waals surface area contributed by atoms with Gasteiger partial charge in [-0.2, -0.15) is 0 Å². The summed E-state index contributed by atoms with van der Waals surface area (Å²) in [5.74, 6) is 0.548. The molecule has 0 amide bonds. The molecule has 1 unspecified atom stereocenters. The fourth-order valence-corrected chi connectivity index (χ4v) is 4.49. The monoisotopic (exact) mass is 424 g/mol. The van der Waals surface area contributed by atoms with E-state index in [9.17, 15) is 0 Å². The van der Waals surface area contributed by atoms with Crippen LogP contribution in [0.5, 0.6) is 0 Å². The first kappa shape index (κ1) is 20.3. The second-order valence-corrected chi connectivity index (χ2v) is 8.85. The molecule has 29 heavy (non-hydrogen) atoms. The lowest BCUT2D eigenvalue weighted by Crippen LogP contribution is -2.34. The van der Waals surface area contributed by atoms with Gasteiger partial charge in [-0.15, -0.1) is 0 Å². The van der Waals surface area contributed by atoms with Crippen LogP contribution in [0.1, 0.15) is 24.1 Å². The van der Waals surface area contributed by atoms with Gasteiger partial charge in [0.15, 0.2) is 0 Å². The molecule has 4 heteroatoms. The molecule has 0 aliphatic carbocycles.